The fourth-order valence-corrected chi connectivity index (χ4v) is 2.75. The third kappa shape index (κ3) is 2.83. The molecule has 2 aromatic rings. The fourth-order valence-electron chi connectivity index (χ4n) is 2.45. The van der Waals surface area contributed by atoms with E-state index in [4.69, 9.17) is 16.3 Å². The predicted octanol–water partition coefficient (Wildman–Crippen LogP) is 5.26. The summed E-state index contributed by atoms with van der Waals surface area (Å²) >= 11 is 6.81. The van der Waals surface area contributed by atoms with Crippen LogP contribution in [-0.2, 0) is 5.41 Å². The minimum Gasteiger partial charge on any atom is -0.496 e. The smallest absolute Gasteiger partial charge is 0.123 e. The van der Waals surface area contributed by atoms with Gasteiger partial charge in [0.2, 0.25) is 0 Å². The maximum atomic E-state index is 6.81. The van der Waals surface area contributed by atoms with Crippen LogP contribution in [-0.4, -0.2) is 7.11 Å². The van der Waals surface area contributed by atoms with Gasteiger partial charge in [0.1, 0.15) is 5.75 Å². The highest BCUT2D eigenvalue weighted by molar-refractivity contribution is 6.22. The summed E-state index contributed by atoms with van der Waals surface area (Å²) in [5, 5.41) is -0.153. The molecule has 0 saturated heterocycles. The molecule has 0 aliphatic heterocycles. The van der Waals surface area contributed by atoms with Crippen molar-refractivity contribution in [2.45, 2.75) is 31.6 Å². The summed E-state index contributed by atoms with van der Waals surface area (Å²) in [5.41, 5.74) is 3.28. The molecule has 0 amide bonds. The highest BCUT2D eigenvalue weighted by atomic mass is 35.5. The van der Waals surface area contributed by atoms with Crippen LogP contribution in [0, 0.1) is 6.92 Å². The Bertz CT molecular complexity index is 575. The molecule has 2 aromatic carbocycles. The van der Waals surface area contributed by atoms with Crippen LogP contribution in [0.2, 0.25) is 0 Å². The number of rotatable bonds is 4. The Hall–Kier alpha value is -1.47. The third-order valence-corrected chi connectivity index (χ3v) is 4.59. The minimum absolute atomic E-state index is 0.153. The summed E-state index contributed by atoms with van der Waals surface area (Å²) in [6.07, 6.45) is 0. The number of hydrogen-bond acceptors (Lipinski definition) is 1. The van der Waals surface area contributed by atoms with Crippen LogP contribution < -0.4 is 4.74 Å². The Morgan fingerprint density at radius 2 is 1.70 bits per heavy atom. The summed E-state index contributed by atoms with van der Waals surface area (Å²) in [4.78, 5) is 0. The lowest BCUT2D eigenvalue weighted by Gasteiger charge is -2.32. The van der Waals surface area contributed by atoms with E-state index in [0.717, 1.165) is 11.3 Å². The van der Waals surface area contributed by atoms with Crippen LogP contribution in [0.5, 0.6) is 5.75 Å². The van der Waals surface area contributed by atoms with E-state index in [1.807, 2.05) is 30.3 Å². The van der Waals surface area contributed by atoms with E-state index in [0.29, 0.717) is 0 Å². The lowest BCUT2D eigenvalue weighted by Crippen LogP contribution is -2.23. The van der Waals surface area contributed by atoms with Gasteiger partial charge in [0.05, 0.1) is 12.5 Å². The largest absolute Gasteiger partial charge is 0.496 e. The van der Waals surface area contributed by atoms with Gasteiger partial charge < -0.3 is 4.74 Å². The van der Waals surface area contributed by atoms with Crippen LogP contribution >= 0.6 is 11.6 Å². The van der Waals surface area contributed by atoms with Gasteiger partial charge in [0, 0.05) is 11.0 Å². The second-order valence-electron chi connectivity index (χ2n) is 5.70. The van der Waals surface area contributed by atoms with Gasteiger partial charge in [-0.1, -0.05) is 61.9 Å². The molecule has 0 saturated carbocycles. The quantitative estimate of drug-likeness (QED) is 0.697. The van der Waals surface area contributed by atoms with Gasteiger partial charge >= 0.3 is 0 Å². The van der Waals surface area contributed by atoms with Crippen LogP contribution in [0.4, 0.5) is 0 Å². The number of ether oxygens (including phenoxy) is 1. The van der Waals surface area contributed by atoms with E-state index < -0.39 is 0 Å². The fraction of sp³-hybridized carbons (Fsp3) is 0.333. The Morgan fingerprint density at radius 1 is 1.05 bits per heavy atom. The Morgan fingerprint density at radius 3 is 2.30 bits per heavy atom. The van der Waals surface area contributed by atoms with Crippen molar-refractivity contribution in [3.8, 4) is 5.75 Å². The maximum Gasteiger partial charge on any atom is 0.123 e. The number of hydrogen-bond donors (Lipinski definition) is 0. The van der Waals surface area contributed by atoms with E-state index >= 15 is 0 Å². The standard InChI is InChI=1S/C18H21ClO/c1-13-10-11-16(20-4)15(12-13)17(19)18(2,3)14-8-6-5-7-9-14/h5-12,17H,1-4H3. The van der Waals surface area contributed by atoms with Crippen molar-refractivity contribution in [3.63, 3.8) is 0 Å². The summed E-state index contributed by atoms with van der Waals surface area (Å²) < 4.78 is 5.47. The van der Waals surface area contributed by atoms with Crippen molar-refractivity contribution in [1.29, 1.82) is 0 Å². The lowest BCUT2D eigenvalue weighted by molar-refractivity contribution is 0.399. The molecule has 20 heavy (non-hydrogen) atoms. The molecule has 0 aliphatic carbocycles. The molecule has 1 unspecified atom stereocenters. The first-order valence-electron chi connectivity index (χ1n) is 6.81. The SMILES string of the molecule is COc1ccc(C)cc1C(Cl)C(C)(C)c1ccccc1. The molecule has 1 nitrogen and oxygen atoms in total. The topological polar surface area (TPSA) is 9.23 Å². The molecule has 0 bridgehead atoms. The summed E-state index contributed by atoms with van der Waals surface area (Å²) in [6, 6.07) is 16.5. The third-order valence-electron chi connectivity index (χ3n) is 3.81. The molecule has 0 N–H and O–H groups in total. The van der Waals surface area contributed by atoms with E-state index in [1.54, 1.807) is 7.11 Å². The average Bonchev–Trinajstić information content (AvgIpc) is 2.47. The van der Waals surface area contributed by atoms with Crippen molar-refractivity contribution in [1.82, 2.24) is 0 Å². The second kappa shape index (κ2) is 5.88. The number of benzene rings is 2. The van der Waals surface area contributed by atoms with E-state index in [2.05, 4.69) is 39.0 Å². The second-order valence-corrected chi connectivity index (χ2v) is 6.13. The van der Waals surface area contributed by atoms with Crippen molar-refractivity contribution in [3.05, 3.63) is 65.2 Å². The number of methoxy groups -OCH3 is 1. The van der Waals surface area contributed by atoms with E-state index in [1.165, 1.54) is 11.1 Å². The zero-order chi connectivity index (χ0) is 14.8. The average molecular weight is 289 g/mol. The summed E-state index contributed by atoms with van der Waals surface area (Å²) in [7, 11) is 1.69. The molecular formula is C18H21ClO. The van der Waals surface area contributed by atoms with Gasteiger partial charge in [-0.05, 0) is 18.6 Å². The van der Waals surface area contributed by atoms with E-state index in [9.17, 15) is 0 Å². The molecular weight excluding hydrogens is 268 g/mol. The van der Waals surface area contributed by atoms with E-state index in [-0.39, 0.29) is 10.8 Å². The molecule has 2 heteroatoms. The Balaban J connectivity index is 2.45. The molecule has 2 rings (SSSR count). The van der Waals surface area contributed by atoms with Crippen molar-refractivity contribution in [2.24, 2.45) is 0 Å². The van der Waals surface area contributed by atoms with Gasteiger partial charge in [0.25, 0.3) is 0 Å². The number of aryl methyl sites for hydroxylation is 1. The molecule has 0 aliphatic rings. The van der Waals surface area contributed by atoms with Gasteiger partial charge in [0.15, 0.2) is 0 Å². The molecule has 0 spiro atoms. The van der Waals surface area contributed by atoms with Crippen LogP contribution in [0.3, 0.4) is 0 Å². The summed E-state index contributed by atoms with van der Waals surface area (Å²) in [5.74, 6) is 0.847. The maximum absolute atomic E-state index is 6.81. The number of halogens is 1. The zero-order valence-electron chi connectivity index (χ0n) is 12.5. The van der Waals surface area contributed by atoms with Crippen molar-refractivity contribution >= 4 is 11.6 Å². The molecule has 0 radical (unpaired) electrons. The highest BCUT2D eigenvalue weighted by Gasteiger charge is 2.32. The molecule has 1 atom stereocenters. The van der Waals surface area contributed by atoms with Gasteiger partial charge in [-0.15, -0.1) is 11.6 Å². The minimum atomic E-state index is -0.177. The molecule has 0 fully saturated rings. The van der Waals surface area contributed by atoms with Gasteiger partial charge in [-0.3, -0.25) is 0 Å². The summed E-state index contributed by atoms with van der Waals surface area (Å²) in [6.45, 7) is 6.41. The predicted molar refractivity (Wildman–Crippen MR) is 85.8 cm³/mol. The first-order chi connectivity index (χ1) is 9.46. The first kappa shape index (κ1) is 14.9. The van der Waals surface area contributed by atoms with Gasteiger partial charge in [-0.25, -0.2) is 0 Å². The van der Waals surface area contributed by atoms with Crippen molar-refractivity contribution < 1.29 is 4.74 Å². The van der Waals surface area contributed by atoms with Crippen LogP contribution in [0.15, 0.2) is 48.5 Å². The highest BCUT2D eigenvalue weighted by Crippen LogP contribution is 2.44. The molecule has 106 valence electrons. The monoisotopic (exact) mass is 288 g/mol. The number of alkyl halides is 1. The Labute approximate surface area is 126 Å². The Kier molecular flexibility index (Phi) is 4.39. The zero-order valence-corrected chi connectivity index (χ0v) is 13.2. The van der Waals surface area contributed by atoms with Crippen LogP contribution in [0.25, 0.3) is 0 Å². The van der Waals surface area contributed by atoms with Gasteiger partial charge in [-0.2, -0.15) is 0 Å². The first-order valence-corrected chi connectivity index (χ1v) is 7.24. The lowest BCUT2D eigenvalue weighted by atomic mass is 9.78. The van der Waals surface area contributed by atoms with Crippen molar-refractivity contribution in [2.75, 3.05) is 7.11 Å². The van der Waals surface area contributed by atoms with Crippen LogP contribution in [0.1, 0.15) is 35.9 Å². The molecule has 0 aromatic heterocycles. The normalized spacial score (nSPS) is 13.1. The molecule has 0 heterocycles.